The van der Waals surface area contributed by atoms with E-state index in [0.717, 1.165) is 5.39 Å². The summed E-state index contributed by atoms with van der Waals surface area (Å²) in [7, 11) is 1.20. The fourth-order valence-corrected chi connectivity index (χ4v) is 2.99. The van der Waals surface area contributed by atoms with E-state index in [1.54, 1.807) is 13.0 Å². The molecule has 0 unspecified atom stereocenters. The third kappa shape index (κ3) is 1.76. The van der Waals surface area contributed by atoms with Crippen LogP contribution in [0.3, 0.4) is 0 Å². The number of carbonyl (C=O) groups is 3. The van der Waals surface area contributed by atoms with Crippen LogP contribution in [0.15, 0.2) is 34.7 Å². The molecule has 2 aromatic heterocycles. The van der Waals surface area contributed by atoms with Crippen molar-refractivity contribution < 1.29 is 23.5 Å². The molecule has 0 amide bonds. The number of nitrogens with zero attached hydrogens (tertiary/aromatic N) is 1. The van der Waals surface area contributed by atoms with E-state index in [1.807, 2.05) is 18.2 Å². The molecular formula is C18H11NO5. The van der Waals surface area contributed by atoms with Gasteiger partial charge in [0.05, 0.1) is 23.8 Å². The molecule has 118 valence electrons. The number of carbonyl (C=O) groups excluding carboxylic acids is 3. The Balaban J connectivity index is 2.01. The molecule has 1 aromatic carbocycles. The largest absolute Gasteiger partial charge is 0.463 e. The van der Waals surface area contributed by atoms with E-state index in [4.69, 9.17) is 4.42 Å². The van der Waals surface area contributed by atoms with E-state index in [1.165, 1.54) is 13.2 Å². The van der Waals surface area contributed by atoms with E-state index >= 15 is 0 Å². The number of benzene rings is 1. The summed E-state index contributed by atoms with van der Waals surface area (Å²) < 4.78 is 9.87. The van der Waals surface area contributed by atoms with Crippen LogP contribution in [0.25, 0.3) is 10.9 Å². The molecule has 2 heterocycles. The molecule has 0 aliphatic heterocycles. The SMILES string of the molecule is COC(=O)c1cc2c(o1)C(=O)c1c(nc3ccccc3c1C)C2=O. The van der Waals surface area contributed by atoms with Gasteiger partial charge >= 0.3 is 5.97 Å². The number of ketones is 2. The second-order valence-corrected chi connectivity index (χ2v) is 5.48. The number of pyridine rings is 1. The number of rotatable bonds is 1. The van der Waals surface area contributed by atoms with Gasteiger partial charge in [-0.15, -0.1) is 0 Å². The van der Waals surface area contributed by atoms with Gasteiger partial charge in [-0.05, 0) is 18.6 Å². The molecule has 6 nitrogen and oxygen atoms in total. The maximum absolute atomic E-state index is 12.8. The Kier molecular flexibility index (Phi) is 2.90. The fraction of sp³-hybridized carbons (Fsp3) is 0.111. The van der Waals surface area contributed by atoms with Crippen molar-refractivity contribution >= 4 is 28.4 Å². The Bertz CT molecular complexity index is 1060. The highest BCUT2D eigenvalue weighted by Crippen LogP contribution is 2.33. The van der Waals surface area contributed by atoms with Gasteiger partial charge in [-0.1, -0.05) is 18.2 Å². The van der Waals surface area contributed by atoms with Crippen molar-refractivity contribution in [1.29, 1.82) is 0 Å². The first-order valence-corrected chi connectivity index (χ1v) is 7.23. The average molecular weight is 321 g/mol. The van der Waals surface area contributed by atoms with Crippen molar-refractivity contribution in [3.8, 4) is 0 Å². The molecule has 0 atom stereocenters. The average Bonchev–Trinajstić information content (AvgIpc) is 3.05. The van der Waals surface area contributed by atoms with Crippen molar-refractivity contribution in [2.24, 2.45) is 0 Å². The molecule has 3 aromatic rings. The molecule has 0 fully saturated rings. The molecule has 0 N–H and O–H groups in total. The van der Waals surface area contributed by atoms with Gasteiger partial charge in [-0.3, -0.25) is 9.59 Å². The number of esters is 1. The van der Waals surface area contributed by atoms with Crippen LogP contribution in [0.2, 0.25) is 0 Å². The highest BCUT2D eigenvalue weighted by Gasteiger charge is 2.37. The molecule has 1 aliphatic rings. The van der Waals surface area contributed by atoms with Crippen LogP contribution in [0.4, 0.5) is 0 Å². The third-order valence-corrected chi connectivity index (χ3v) is 4.16. The molecule has 0 spiro atoms. The van der Waals surface area contributed by atoms with Crippen molar-refractivity contribution in [2.75, 3.05) is 7.11 Å². The molecule has 24 heavy (non-hydrogen) atoms. The molecular weight excluding hydrogens is 310 g/mol. The number of fused-ring (bicyclic) bond motifs is 3. The Labute approximate surface area is 136 Å². The molecule has 1 aliphatic carbocycles. The van der Waals surface area contributed by atoms with Gasteiger partial charge in [0.2, 0.25) is 17.3 Å². The summed E-state index contributed by atoms with van der Waals surface area (Å²) in [5.41, 5.74) is 1.64. The lowest BCUT2D eigenvalue weighted by atomic mass is 9.88. The molecule has 0 saturated heterocycles. The van der Waals surface area contributed by atoms with Crippen molar-refractivity contribution in [2.45, 2.75) is 6.92 Å². The minimum Gasteiger partial charge on any atom is -0.463 e. The molecule has 6 heteroatoms. The normalized spacial score (nSPS) is 12.9. The van der Waals surface area contributed by atoms with Crippen LogP contribution in [-0.4, -0.2) is 29.6 Å². The topological polar surface area (TPSA) is 86.5 Å². The van der Waals surface area contributed by atoms with Gasteiger partial charge in [0.1, 0.15) is 5.69 Å². The minimum absolute atomic E-state index is 0.0371. The Hall–Kier alpha value is -3.28. The number of hydrogen-bond donors (Lipinski definition) is 0. The lowest BCUT2D eigenvalue weighted by Crippen LogP contribution is -2.22. The van der Waals surface area contributed by atoms with Gasteiger partial charge in [0.25, 0.3) is 0 Å². The number of furan rings is 1. The van der Waals surface area contributed by atoms with Gasteiger partial charge in [-0.2, -0.15) is 0 Å². The quantitative estimate of drug-likeness (QED) is 0.501. The molecule has 0 radical (unpaired) electrons. The van der Waals surface area contributed by atoms with Gasteiger partial charge < -0.3 is 9.15 Å². The molecule has 4 rings (SSSR count). The first-order valence-electron chi connectivity index (χ1n) is 7.23. The summed E-state index contributed by atoms with van der Waals surface area (Å²) in [4.78, 5) is 41.5. The standard InChI is InChI=1S/C18H11NO5/c1-8-9-5-3-4-6-11(9)19-14-13(8)16(21)17-10(15(14)20)7-12(24-17)18(22)23-2/h3-7H,1-2H3. The smallest absolute Gasteiger partial charge is 0.373 e. The highest BCUT2D eigenvalue weighted by atomic mass is 16.5. The number of aromatic nitrogens is 1. The second kappa shape index (κ2) is 4.86. The van der Waals surface area contributed by atoms with Crippen LogP contribution in [0.5, 0.6) is 0 Å². The van der Waals surface area contributed by atoms with Crippen LogP contribution < -0.4 is 0 Å². The lowest BCUT2D eigenvalue weighted by Gasteiger charge is -2.16. The number of aryl methyl sites for hydroxylation is 1. The summed E-state index contributed by atoms with van der Waals surface area (Å²) in [6, 6.07) is 8.51. The highest BCUT2D eigenvalue weighted by molar-refractivity contribution is 6.28. The van der Waals surface area contributed by atoms with Crippen molar-refractivity contribution in [3.05, 3.63) is 64.2 Å². The summed E-state index contributed by atoms with van der Waals surface area (Å²) in [6.07, 6.45) is 0. The first kappa shape index (κ1) is 14.3. The Morgan fingerprint density at radius 2 is 1.92 bits per heavy atom. The summed E-state index contributed by atoms with van der Waals surface area (Å²) >= 11 is 0. The zero-order valence-corrected chi connectivity index (χ0v) is 12.9. The summed E-state index contributed by atoms with van der Waals surface area (Å²) in [5, 5.41) is 0.792. The number of ether oxygens (including phenoxy) is 1. The van der Waals surface area contributed by atoms with Gasteiger partial charge in [0, 0.05) is 11.5 Å². The van der Waals surface area contributed by atoms with Crippen LogP contribution >= 0.6 is 0 Å². The van der Waals surface area contributed by atoms with E-state index in [0.29, 0.717) is 11.1 Å². The second-order valence-electron chi connectivity index (χ2n) is 5.48. The predicted octanol–water partition coefficient (Wildman–Crippen LogP) is 2.70. The third-order valence-electron chi connectivity index (χ3n) is 4.16. The fourth-order valence-electron chi connectivity index (χ4n) is 2.99. The minimum atomic E-state index is -0.746. The van der Waals surface area contributed by atoms with Crippen LogP contribution in [-0.2, 0) is 4.74 Å². The zero-order chi connectivity index (χ0) is 17.0. The van der Waals surface area contributed by atoms with E-state index in [2.05, 4.69) is 9.72 Å². The van der Waals surface area contributed by atoms with E-state index < -0.39 is 17.5 Å². The Morgan fingerprint density at radius 3 is 2.67 bits per heavy atom. The Morgan fingerprint density at radius 1 is 1.17 bits per heavy atom. The number of methoxy groups -OCH3 is 1. The number of hydrogen-bond acceptors (Lipinski definition) is 6. The summed E-state index contributed by atoms with van der Waals surface area (Å²) in [5.74, 6) is -1.96. The van der Waals surface area contributed by atoms with E-state index in [-0.39, 0.29) is 28.3 Å². The lowest BCUT2D eigenvalue weighted by molar-refractivity contribution is 0.0563. The predicted molar refractivity (Wildman–Crippen MR) is 83.4 cm³/mol. The van der Waals surface area contributed by atoms with Crippen molar-refractivity contribution in [1.82, 2.24) is 4.98 Å². The molecule has 0 saturated carbocycles. The maximum atomic E-state index is 12.8. The summed E-state index contributed by atoms with van der Waals surface area (Å²) in [6.45, 7) is 1.77. The van der Waals surface area contributed by atoms with Crippen molar-refractivity contribution in [3.63, 3.8) is 0 Å². The molecule has 0 bridgehead atoms. The monoisotopic (exact) mass is 321 g/mol. The van der Waals surface area contributed by atoms with Gasteiger partial charge in [-0.25, -0.2) is 9.78 Å². The zero-order valence-electron chi connectivity index (χ0n) is 12.9. The van der Waals surface area contributed by atoms with Crippen LogP contribution in [0, 0.1) is 6.92 Å². The maximum Gasteiger partial charge on any atom is 0.373 e. The van der Waals surface area contributed by atoms with Crippen LogP contribution in [0.1, 0.15) is 48.3 Å². The van der Waals surface area contributed by atoms with Gasteiger partial charge in [0.15, 0.2) is 5.76 Å². The number of para-hydroxylation sites is 1. The van der Waals surface area contributed by atoms with E-state index in [9.17, 15) is 14.4 Å². The first-order chi connectivity index (χ1) is 11.5.